The summed E-state index contributed by atoms with van der Waals surface area (Å²) < 4.78 is 43.8. The summed E-state index contributed by atoms with van der Waals surface area (Å²) in [6.07, 6.45) is -4.38. The number of thiazole rings is 1. The summed E-state index contributed by atoms with van der Waals surface area (Å²) in [5.41, 5.74) is 0.111. The molecule has 0 amide bonds. The minimum Gasteiger partial charge on any atom is -0.378 e. The van der Waals surface area contributed by atoms with Gasteiger partial charge in [-0.1, -0.05) is 32.1 Å². The van der Waals surface area contributed by atoms with E-state index in [0.717, 1.165) is 11.3 Å². The van der Waals surface area contributed by atoms with Crippen molar-refractivity contribution in [3.63, 3.8) is 0 Å². The van der Waals surface area contributed by atoms with Gasteiger partial charge >= 0.3 is 6.18 Å². The van der Waals surface area contributed by atoms with Crippen LogP contribution < -0.4 is 4.90 Å². The van der Waals surface area contributed by atoms with Crippen LogP contribution >= 0.6 is 11.3 Å². The summed E-state index contributed by atoms with van der Waals surface area (Å²) in [6.45, 7) is 7.96. The number of anilines is 1. The van der Waals surface area contributed by atoms with Crippen LogP contribution in [0.2, 0.25) is 0 Å². The number of hydrogen-bond acceptors (Lipinski definition) is 4. The van der Waals surface area contributed by atoms with Gasteiger partial charge in [-0.15, -0.1) is 0 Å². The standard InChI is InChI=1S/C12H17F3N2OS/c1-11(2,3)8-9(17-4-6-18-7-5-17)19-10(16-8)12(13,14)15/h4-7H2,1-3H3. The van der Waals surface area contributed by atoms with Crippen molar-refractivity contribution in [3.8, 4) is 0 Å². The zero-order valence-electron chi connectivity index (χ0n) is 11.2. The number of aromatic nitrogens is 1. The maximum atomic E-state index is 12.8. The molecule has 1 aromatic rings. The third-order valence-corrected chi connectivity index (χ3v) is 4.02. The first kappa shape index (κ1) is 14.6. The van der Waals surface area contributed by atoms with Crippen molar-refractivity contribution >= 4 is 16.3 Å². The minimum atomic E-state index is -4.38. The quantitative estimate of drug-likeness (QED) is 0.794. The molecule has 7 heteroatoms. The molecule has 19 heavy (non-hydrogen) atoms. The molecule has 1 saturated heterocycles. The normalized spacial score (nSPS) is 17.9. The summed E-state index contributed by atoms with van der Waals surface area (Å²) in [5.74, 6) is 0. The second kappa shape index (κ2) is 4.94. The Bertz CT molecular complexity index is 445. The first-order valence-electron chi connectivity index (χ1n) is 6.11. The van der Waals surface area contributed by atoms with Crippen molar-refractivity contribution in [3.05, 3.63) is 10.7 Å². The van der Waals surface area contributed by atoms with Crippen molar-refractivity contribution in [2.45, 2.75) is 32.4 Å². The third kappa shape index (κ3) is 3.20. The number of alkyl halides is 3. The number of halogens is 3. The van der Waals surface area contributed by atoms with E-state index in [1.165, 1.54) is 0 Å². The largest absolute Gasteiger partial charge is 0.443 e. The highest BCUT2D eigenvalue weighted by molar-refractivity contribution is 7.16. The van der Waals surface area contributed by atoms with Crippen LogP contribution in [-0.2, 0) is 16.3 Å². The van der Waals surface area contributed by atoms with Crippen molar-refractivity contribution < 1.29 is 17.9 Å². The van der Waals surface area contributed by atoms with Gasteiger partial charge in [-0.05, 0) is 0 Å². The smallest absolute Gasteiger partial charge is 0.378 e. The third-order valence-electron chi connectivity index (χ3n) is 2.86. The van der Waals surface area contributed by atoms with E-state index in [-0.39, 0.29) is 0 Å². The maximum Gasteiger partial charge on any atom is 0.443 e. The molecule has 0 atom stereocenters. The zero-order valence-corrected chi connectivity index (χ0v) is 12.0. The van der Waals surface area contributed by atoms with Gasteiger partial charge in [0, 0.05) is 18.5 Å². The Morgan fingerprint density at radius 3 is 2.21 bits per heavy atom. The SMILES string of the molecule is CC(C)(C)c1nc(C(F)(F)F)sc1N1CCOCC1. The molecule has 1 aliphatic rings. The summed E-state index contributed by atoms with van der Waals surface area (Å²) in [4.78, 5) is 5.78. The van der Waals surface area contributed by atoms with Gasteiger partial charge in [0.05, 0.1) is 18.9 Å². The van der Waals surface area contributed by atoms with Crippen molar-refractivity contribution in [1.29, 1.82) is 0 Å². The molecule has 0 aromatic carbocycles. The molecule has 108 valence electrons. The van der Waals surface area contributed by atoms with Gasteiger partial charge in [0.25, 0.3) is 0 Å². The Kier molecular flexibility index (Phi) is 3.79. The van der Waals surface area contributed by atoms with E-state index in [1.54, 1.807) is 0 Å². The van der Waals surface area contributed by atoms with Crippen LogP contribution in [0.25, 0.3) is 0 Å². The van der Waals surface area contributed by atoms with Crippen LogP contribution in [0.1, 0.15) is 31.5 Å². The van der Waals surface area contributed by atoms with Gasteiger partial charge in [-0.25, -0.2) is 4.98 Å². The van der Waals surface area contributed by atoms with Crippen LogP contribution in [-0.4, -0.2) is 31.3 Å². The minimum absolute atomic E-state index is 0.409. The molecule has 1 fully saturated rings. The molecule has 0 unspecified atom stereocenters. The molecule has 1 aromatic heterocycles. The molecule has 0 radical (unpaired) electrons. The average molecular weight is 294 g/mol. The van der Waals surface area contributed by atoms with Crippen molar-refractivity contribution in [2.75, 3.05) is 31.2 Å². The zero-order chi connectivity index (χ0) is 14.3. The number of rotatable bonds is 1. The lowest BCUT2D eigenvalue weighted by atomic mass is 9.92. The van der Waals surface area contributed by atoms with E-state index in [9.17, 15) is 13.2 Å². The lowest BCUT2D eigenvalue weighted by Gasteiger charge is -2.30. The van der Waals surface area contributed by atoms with Gasteiger partial charge in [0.15, 0.2) is 5.01 Å². The highest BCUT2D eigenvalue weighted by Gasteiger charge is 2.39. The number of hydrogen-bond donors (Lipinski definition) is 0. The fourth-order valence-electron chi connectivity index (χ4n) is 1.90. The number of ether oxygens (including phenoxy) is 1. The molecular formula is C12H17F3N2OS. The van der Waals surface area contributed by atoms with Crippen LogP contribution in [0.3, 0.4) is 0 Å². The van der Waals surface area contributed by atoms with Crippen molar-refractivity contribution in [1.82, 2.24) is 4.98 Å². The monoisotopic (exact) mass is 294 g/mol. The Hall–Kier alpha value is -0.820. The number of nitrogens with zero attached hydrogens (tertiary/aromatic N) is 2. The summed E-state index contributed by atoms with van der Waals surface area (Å²) in [5, 5.41) is -0.137. The summed E-state index contributed by atoms with van der Waals surface area (Å²) >= 11 is 0.734. The van der Waals surface area contributed by atoms with E-state index in [2.05, 4.69) is 4.98 Å². The fraction of sp³-hybridized carbons (Fsp3) is 0.750. The Balaban J connectivity index is 2.42. The van der Waals surface area contributed by atoms with Gasteiger partial charge in [0.2, 0.25) is 0 Å². The molecule has 0 bridgehead atoms. The lowest BCUT2D eigenvalue weighted by molar-refractivity contribution is -0.137. The molecule has 2 rings (SSSR count). The predicted molar refractivity (Wildman–Crippen MR) is 68.8 cm³/mol. The van der Waals surface area contributed by atoms with Gasteiger partial charge in [-0.2, -0.15) is 13.2 Å². The predicted octanol–water partition coefficient (Wildman–Crippen LogP) is 3.30. The van der Waals surface area contributed by atoms with Gasteiger partial charge in [-0.3, -0.25) is 0 Å². The van der Waals surface area contributed by atoms with Crippen molar-refractivity contribution in [2.24, 2.45) is 0 Å². The molecule has 0 aliphatic carbocycles. The van der Waals surface area contributed by atoms with Crippen LogP contribution in [0.15, 0.2) is 0 Å². The summed E-state index contributed by atoms with van der Waals surface area (Å²) in [7, 11) is 0. The Morgan fingerprint density at radius 2 is 1.74 bits per heavy atom. The van der Waals surface area contributed by atoms with E-state index in [0.29, 0.717) is 37.0 Å². The first-order valence-corrected chi connectivity index (χ1v) is 6.92. The molecule has 2 heterocycles. The number of morpholine rings is 1. The van der Waals surface area contributed by atoms with E-state index in [1.807, 2.05) is 25.7 Å². The lowest BCUT2D eigenvalue weighted by Crippen LogP contribution is -2.37. The first-order chi connectivity index (χ1) is 8.69. The fourth-order valence-corrected chi connectivity index (χ4v) is 3.10. The highest BCUT2D eigenvalue weighted by Crippen LogP contribution is 2.42. The molecule has 3 nitrogen and oxygen atoms in total. The van der Waals surface area contributed by atoms with E-state index < -0.39 is 16.6 Å². The second-order valence-electron chi connectivity index (χ2n) is 5.52. The molecule has 0 N–H and O–H groups in total. The Labute approximate surface area is 114 Å². The average Bonchev–Trinajstić information content (AvgIpc) is 2.74. The maximum absolute atomic E-state index is 12.8. The topological polar surface area (TPSA) is 25.4 Å². The second-order valence-corrected chi connectivity index (χ2v) is 6.50. The summed E-state index contributed by atoms with van der Waals surface area (Å²) in [6, 6.07) is 0. The van der Waals surface area contributed by atoms with Gasteiger partial charge < -0.3 is 9.64 Å². The Morgan fingerprint density at radius 1 is 1.16 bits per heavy atom. The van der Waals surface area contributed by atoms with Crippen LogP contribution in [0.4, 0.5) is 18.2 Å². The van der Waals surface area contributed by atoms with Crippen LogP contribution in [0, 0.1) is 0 Å². The van der Waals surface area contributed by atoms with Gasteiger partial charge in [0.1, 0.15) is 5.00 Å². The molecular weight excluding hydrogens is 277 g/mol. The molecule has 0 saturated carbocycles. The van der Waals surface area contributed by atoms with Crippen LogP contribution in [0.5, 0.6) is 0 Å². The highest BCUT2D eigenvalue weighted by atomic mass is 32.1. The van der Waals surface area contributed by atoms with E-state index >= 15 is 0 Å². The molecule has 1 aliphatic heterocycles. The molecule has 0 spiro atoms. The van der Waals surface area contributed by atoms with E-state index in [4.69, 9.17) is 4.74 Å².